The lowest BCUT2D eigenvalue weighted by atomic mass is 10.0. The van der Waals surface area contributed by atoms with Crippen molar-refractivity contribution in [2.75, 3.05) is 25.1 Å². The van der Waals surface area contributed by atoms with Gasteiger partial charge in [0.2, 0.25) is 53.2 Å². The Labute approximate surface area is 452 Å². The topological polar surface area (TPSA) is 445 Å². The highest BCUT2D eigenvalue weighted by Gasteiger charge is 2.39. The molecule has 0 spiro atoms. The van der Waals surface area contributed by atoms with Crippen LogP contribution >= 0.6 is 11.8 Å². The van der Waals surface area contributed by atoms with Gasteiger partial charge in [-0.1, -0.05) is 26.0 Å². The van der Waals surface area contributed by atoms with E-state index in [1.165, 1.54) is 53.8 Å². The molecule has 3 heterocycles. The molecule has 1 aliphatic heterocycles. The zero-order chi connectivity index (χ0) is 57.5. The molecule has 4 rings (SSSR count). The number of primary amides is 1. The molecule has 0 unspecified atom stereocenters. The van der Waals surface area contributed by atoms with Crippen LogP contribution in [-0.2, 0) is 72.0 Å². The van der Waals surface area contributed by atoms with Gasteiger partial charge in [0.15, 0.2) is 0 Å². The van der Waals surface area contributed by atoms with Gasteiger partial charge in [-0.25, -0.2) is 14.8 Å². The van der Waals surface area contributed by atoms with Crippen LogP contribution in [0.4, 0.5) is 0 Å². The van der Waals surface area contributed by atoms with Crippen LogP contribution in [0.1, 0.15) is 82.2 Å². The Morgan fingerprint density at radius 2 is 1.24 bits per heavy atom. The summed E-state index contributed by atoms with van der Waals surface area (Å²) in [5.74, 6) is -10.2. The molecule has 2 aromatic heterocycles. The molecular weight excluding hydrogens is 1040 g/mol. The lowest BCUT2D eigenvalue weighted by Crippen LogP contribution is -2.60. The van der Waals surface area contributed by atoms with Crippen molar-refractivity contribution in [3.8, 4) is 5.75 Å². The van der Waals surface area contributed by atoms with Gasteiger partial charge < -0.3 is 78.9 Å². The van der Waals surface area contributed by atoms with Crippen molar-refractivity contribution >= 4 is 76.9 Å². The molecule has 78 heavy (non-hydrogen) atoms. The predicted octanol–water partition coefficient (Wildman–Crippen LogP) is -2.78. The molecule has 0 saturated carbocycles. The number of carbonyl (C=O) groups excluding carboxylic acids is 9. The fourth-order valence-corrected chi connectivity index (χ4v) is 8.79. The smallest absolute Gasteiger partial charge is 0.326 e. The first-order valence-corrected chi connectivity index (χ1v) is 26.5. The summed E-state index contributed by atoms with van der Waals surface area (Å²) in [6.45, 7) is 3.12. The number of aromatic hydroxyl groups is 1. The minimum atomic E-state index is -1.72. The number of aliphatic carboxylic acids is 2. The first-order chi connectivity index (χ1) is 37.0. The Hall–Kier alpha value is -8.08. The minimum Gasteiger partial charge on any atom is -0.508 e. The highest BCUT2D eigenvalue weighted by Crippen LogP contribution is 2.21. The van der Waals surface area contributed by atoms with Crippen LogP contribution in [-0.4, -0.2) is 179 Å². The van der Waals surface area contributed by atoms with E-state index >= 15 is 0 Å². The number of nitrogens with zero attached hydrogens (tertiary/aromatic N) is 3. The maximum Gasteiger partial charge on any atom is 0.326 e. The fraction of sp³-hybridized carbons (Fsp3) is 0.531. The van der Waals surface area contributed by atoms with Crippen molar-refractivity contribution in [2.24, 2.45) is 17.4 Å². The average molecular weight is 1110 g/mol. The van der Waals surface area contributed by atoms with Crippen molar-refractivity contribution in [3.05, 3.63) is 66.3 Å². The van der Waals surface area contributed by atoms with Gasteiger partial charge in [0.05, 0.1) is 25.2 Å². The number of aromatic nitrogens is 4. The molecule has 3 aromatic rings. The molecule has 29 heteroatoms. The normalized spacial score (nSPS) is 15.8. The van der Waals surface area contributed by atoms with Gasteiger partial charge in [-0.2, -0.15) is 11.8 Å². The Morgan fingerprint density at radius 3 is 1.76 bits per heavy atom. The molecule has 8 atom stereocenters. The standard InChI is InChI=1S/C49H70N14O14S/c1-26(2)17-35(62-47(74)38-5-4-15-63(38)48(75)31(50)18-27-6-8-30(64)9-7-27)45(72)61-37(20-29-22-53-25-56-29)46(73)59-33(11-13-41(67)68)43(70)58-32(10-12-39(51)65)44(71)60-36(19-28-21-52-24-55-28)42(69)54-23-40(66)57-34(49(76)77)14-16-78-3/h6-9,21-22,24-26,31-38,64H,4-5,10-20,23,50H2,1-3H3,(H2,51,65)(H,52,55)(H,53,56)(H,54,69)(H,57,66)(H,58,70)(H,59,73)(H,60,71)(H,61,72)(H,62,74)(H,67,68)(H,76,77)/t31-,32-,33-,34-,35-,36-,37-,38-/m0/s1. The summed E-state index contributed by atoms with van der Waals surface area (Å²) in [5, 5.41) is 46.2. The molecular formula is C49H70N14O14S. The molecule has 426 valence electrons. The van der Waals surface area contributed by atoms with E-state index in [0.717, 1.165) is 0 Å². The number of aromatic amines is 2. The Kier molecular flexibility index (Phi) is 25.0. The predicted molar refractivity (Wildman–Crippen MR) is 279 cm³/mol. The van der Waals surface area contributed by atoms with Gasteiger partial charge >= 0.3 is 11.9 Å². The number of rotatable bonds is 33. The van der Waals surface area contributed by atoms with Crippen LogP contribution in [0.3, 0.4) is 0 Å². The van der Waals surface area contributed by atoms with Gasteiger partial charge in [0.1, 0.15) is 48.0 Å². The molecule has 1 saturated heterocycles. The number of nitrogens with two attached hydrogens (primary N) is 2. The minimum absolute atomic E-state index is 0.0398. The summed E-state index contributed by atoms with van der Waals surface area (Å²) in [6, 6.07) is -4.71. The largest absolute Gasteiger partial charge is 0.508 e. The summed E-state index contributed by atoms with van der Waals surface area (Å²) in [7, 11) is 0. The number of benzene rings is 1. The number of amides is 9. The van der Waals surface area contributed by atoms with Crippen molar-refractivity contribution < 1.29 is 68.1 Å². The van der Waals surface area contributed by atoms with Crippen LogP contribution in [0.15, 0.2) is 49.3 Å². The number of carboxylic acid groups (broad SMARTS) is 2. The monoisotopic (exact) mass is 1110 g/mol. The van der Waals surface area contributed by atoms with Crippen molar-refractivity contribution in [2.45, 2.75) is 133 Å². The molecule has 9 amide bonds. The second-order valence-corrected chi connectivity index (χ2v) is 20.0. The number of thioether (sulfide) groups is 1. The zero-order valence-electron chi connectivity index (χ0n) is 43.5. The van der Waals surface area contributed by atoms with Gasteiger partial charge in [0, 0.05) is 56.0 Å². The Morgan fingerprint density at radius 1 is 0.705 bits per heavy atom. The third-order valence-corrected chi connectivity index (χ3v) is 13.0. The summed E-state index contributed by atoms with van der Waals surface area (Å²) in [6.07, 6.45) is 5.41. The van der Waals surface area contributed by atoms with E-state index in [1.54, 1.807) is 32.2 Å². The second kappa shape index (κ2) is 31.2. The van der Waals surface area contributed by atoms with E-state index in [9.17, 15) is 68.1 Å². The van der Waals surface area contributed by atoms with Gasteiger partial charge in [0.25, 0.3) is 0 Å². The molecule has 0 bridgehead atoms. The quantitative estimate of drug-likeness (QED) is 0.0293. The number of hydrogen-bond acceptors (Lipinski definition) is 16. The van der Waals surface area contributed by atoms with Gasteiger partial charge in [-0.15, -0.1) is 0 Å². The molecule has 1 fully saturated rings. The van der Waals surface area contributed by atoms with E-state index in [-0.39, 0.29) is 56.7 Å². The SMILES string of the molecule is CSCC[C@H](NC(=O)CNC(=O)[C@H](Cc1cnc[nH]1)NC(=O)[C@H](CCC(N)=O)NC(=O)[C@H](CCC(=O)O)NC(=O)[C@H](Cc1cnc[nH]1)NC(=O)[C@H](CC(C)C)NC(=O)[C@@H]1CCCN1C(=O)[C@@H](N)Cc1ccc(O)cc1)C(=O)O. The van der Waals surface area contributed by atoms with Crippen molar-refractivity contribution in [1.29, 1.82) is 0 Å². The zero-order valence-corrected chi connectivity index (χ0v) is 44.3. The molecule has 16 N–H and O–H groups in total. The molecule has 0 aliphatic carbocycles. The number of H-pyrrole nitrogens is 2. The summed E-state index contributed by atoms with van der Waals surface area (Å²) >= 11 is 1.37. The number of carboxylic acids is 2. The van der Waals surface area contributed by atoms with Crippen molar-refractivity contribution in [1.82, 2.24) is 62.1 Å². The van der Waals surface area contributed by atoms with E-state index in [1.807, 2.05) is 0 Å². The van der Waals surface area contributed by atoms with Crippen molar-refractivity contribution in [3.63, 3.8) is 0 Å². The average Bonchev–Trinajstić information content (AvgIpc) is 4.23. The van der Waals surface area contributed by atoms with Gasteiger partial charge in [-0.3, -0.25) is 47.9 Å². The summed E-state index contributed by atoms with van der Waals surface area (Å²) in [5.41, 5.74) is 13.1. The lowest BCUT2D eigenvalue weighted by Gasteiger charge is -2.29. The molecule has 28 nitrogen and oxygen atoms in total. The Bertz CT molecular complexity index is 2530. The first kappa shape index (κ1) is 62.5. The third-order valence-electron chi connectivity index (χ3n) is 12.4. The number of phenolic OH excluding ortho intramolecular Hbond substituents is 1. The van der Waals surface area contributed by atoms with E-state index in [0.29, 0.717) is 29.1 Å². The maximum absolute atomic E-state index is 14.3. The van der Waals surface area contributed by atoms with Gasteiger partial charge in [-0.05, 0) is 80.6 Å². The number of hydrogen-bond donors (Lipinski definition) is 14. The van der Waals surface area contributed by atoms with E-state index < -0.39 is 146 Å². The molecule has 0 radical (unpaired) electrons. The second-order valence-electron chi connectivity index (χ2n) is 19.1. The molecule has 1 aromatic carbocycles. The Balaban J connectivity index is 1.53. The van der Waals surface area contributed by atoms with E-state index in [4.69, 9.17) is 11.5 Å². The van der Waals surface area contributed by atoms with Crippen LogP contribution in [0.2, 0.25) is 0 Å². The number of phenols is 1. The first-order valence-electron chi connectivity index (χ1n) is 25.1. The van der Waals surface area contributed by atoms with Crippen LogP contribution in [0.25, 0.3) is 0 Å². The maximum atomic E-state index is 14.3. The fourth-order valence-electron chi connectivity index (χ4n) is 8.32. The van der Waals surface area contributed by atoms with Crippen LogP contribution < -0.4 is 48.7 Å². The lowest BCUT2D eigenvalue weighted by molar-refractivity contribution is -0.142. The van der Waals surface area contributed by atoms with Crippen LogP contribution in [0, 0.1) is 5.92 Å². The third kappa shape index (κ3) is 20.8. The van der Waals surface area contributed by atoms with Crippen LogP contribution in [0.5, 0.6) is 5.75 Å². The number of nitrogens with one attached hydrogen (secondary N) is 9. The number of carbonyl (C=O) groups is 11. The summed E-state index contributed by atoms with van der Waals surface area (Å²) < 4.78 is 0. The molecule has 1 aliphatic rings. The summed E-state index contributed by atoms with van der Waals surface area (Å²) in [4.78, 5) is 161. The highest BCUT2D eigenvalue weighted by atomic mass is 32.2. The number of imidazole rings is 2. The van der Waals surface area contributed by atoms with E-state index in [2.05, 4.69) is 57.2 Å². The highest BCUT2D eigenvalue weighted by molar-refractivity contribution is 7.98. The number of likely N-dealkylation sites (tertiary alicyclic amines) is 1.